The monoisotopic (exact) mass is 298 g/mol. The Kier molecular flexibility index (Phi) is 4.05. The van der Waals surface area contributed by atoms with E-state index >= 15 is 0 Å². The summed E-state index contributed by atoms with van der Waals surface area (Å²) >= 11 is 0. The van der Waals surface area contributed by atoms with E-state index in [1.165, 1.54) is 12.3 Å². The van der Waals surface area contributed by atoms with Crippen LogP contribution >= 0.6 is 0 Å². The molecule has 1 heterocycles. The molecule has 8 heteroatoms. The lowest BCUT2D eigenvalue weighted by molar-refractivity contribution is 0.595. The number of benzene rings is 1. The zero-order valence-corrected chi connectivity index (χ0v) is 11.5. The Hall–Kier alpha value is -1.93. The molecule has 20 heavy (non-hydrogen) atoms. The van der Waals surface area contributed by atoms with E-state index in [1.54, 1.807) is 12.1 Å². The van der Waals surface area contributed by atoms with E-state index in [1.807, 2.05) is 0 Å². The van der Waals surface area contributed by atoms with Crippen molar-refractivity contribution in [2.75, 3.05) is 23.3 Å². The van der Waals surface area contributed by atoms with Crippen molar-refractivity contribution in [1.82, 2.24) is 4.98 Å². The first-order chi connectivity index (χ1) is 9.38. The highest BCUT2D eigenvalue weighted by Crippen LogP contribution is 2.29. The van der Waals surface area contributed by atoms with E-state index in [0.29, 0.717) is 16.6 Å². The largest absolute Gasteiger partial charge is 0.398 e. The molecule has 108 valence electrons. The molecule has 0 saturated carbocycles. The Morgan fingerprint density at radius 3 is 2.85 bits per heavy atom. The number of nitrogens with two attached hydrogens (primary N) is 2. The van der Waals surface area contributed by atoms with Crippen LogP contribution in [0.3, 0.4) is 0 Å². The van der Waals surface area contributed by atoms with Gasteiger partial charge >= 0.3 is 0 Å². The summed E-state index contributed by atoms with van der Waals surface area (Å²) in [7, 11) is -3.51. The minimum Gasteiger partial charge on any atom is -0.398 e. The Morgan fingerprint density at radius 2 is 2.15 bits per heavy atom. The topological polar surface area (TPSA) is 111 Å². The van der Waals surface area contributed by atoms with E-state index in [9.17, 15) is 12.8 Å². The molecule has 1 aromatic heterocycles. The molecule has 6 nitrogen and oxygen atoms in total. The highest BCUT2D eigenvalue weighted by Gasteiger charge is 2.11. The Labute approximate surface area is 116 Å². The van der Waals surface area contributed by atoms with Gasteiger partial charge in [0.15, 0.2) is 5.82 Å². The maximum absolute atomic E-state index is 13.9. The van der Waals surface area contributed by atoms with Gasteiger partial charge in [-0.15, -0.1) is 0 Å². The number of nitrogens with zero attached hydrogens (tertiary/aromatic N) is 1. The van der Waals surface area contributed by atoms with Crippen molar-refractivity contribution in [2.24, 2.45) is 5.14 Å². The number of anilines is 2. The van der Waals surface area contributed by atoms with Crippen molar-refractivity contribution < 1.29 is 12.8 Å². The van der Waals surface area contributed by atoms with Crippen LogP contribution in [-0.4, -0.2) is 25.7 Å². The maximum Gasteiger partial charge on any atom is 0.209 e. The second-order valence-corrected chi connectivity index (χ2v) is 6.10. The number of rotatable bonds is 5. The number of halogens is 1. The molecule has 2 aromatic rings. The van der Waals surface area contributed by atoms with Gasteiger partial charge in [-0.25, -0.2) is 17.9 Å². The van der Waals surface area contributed by atoms with Crippen molar-refractivity contribution in [1.29, 1.82) is 0 Å². The van der Waals surface area contributed by atoms with Crippen molar-refractivity contribution in [3.05, 3.63) is 30.2 Å². The first kappa shape index (κ1) is 14.5. The van der Waals surface area contributed by atoms with Crippen LogP contribution in [0.1, 0.15) is 6.42 Å². The van der Waals surface area contributed by atoms with Crippen LogP contribution in [-0.2, 0) is 10.0 Å². The predicted molar refractivity (Wildman–Crippen MR) is 77.2 cm³/mol. The highest BCUT2D eigenvalue weighted by atomic mass is 32.2. The zero-order chi connectivity index (χ0) is 14.8. The van der Waals surface area contributed by atoms with Crippen LogP contribution in [0.5, 0.6) is 0 Å². The lowest BCUT2D eigenvalue weighted by Gasteiger charge is -2.11. The minimum absolute atomic E-state index is 0.165. The van der Waals surface area contributed by atoms with Gasteiger partial charge in [-0.1, -0.05) is 0 Å². The Bertz CT molecular complexity index is 734. The minimum atomic E-state index is -3.51. The lowest BCUT2D eigenvalue weighted by atomic mass is 10.1. The standard InChI is InChI=1S/C12H15FN4O2S/c13-9-7-10(14)8-3-1-4-16-11(8)12(9)17-5-2-6-20(15,18)19/h1,3-4,7,17H,2,5-6,14H2,(H2,15,18,19). The normalized spacial score (nSPS) is 11.7. The summed E-state index contributed by atoms with van der Waals surface area (Å²) in [6.07, 6.45) is 1.81. The first-order valence-corrected chi connectivity index (χ1v) is 7.67. The summed E-state index contributed by atoms with van der Waals surface area (Å²) in [6, 6.07) is 4.67. The molecular formula is C12H15FN4O2S. The predicted octanol–water partition coefficient (Wildman–Crippen LogP) is 1.05. The molecule has 0 aliphatic rings. The molecule has 0 aliphatic carbocycles. The molecule has 0 bridgehead atoms. The fourth-order valence-electron chi connectivity index (χ4n) is 1.89. The summed E-state index contributed by atoms with van der Waals surface area (Å²) in [5.74, 6) is -0.689. The van der Waals surface area contributed by atoms with E-state index in [0.717, 1.165) is 0 Å². The summed E-state index contributed by atoms with van der Waals surface area (Å²) in [5, 5.41) is 8.38. The molecule has 0 radical (unpaired) electrons. The molecule has 0 fully saturated rings. The van der Waals surface area contributed by atoms with Gasteiger partial charge in [-0.05, 0) is 24.6 Å². The van der Waals surface area contributed by atoms with E-state index in [-0.39, 0.29) is 24.4 Å². The second-order valence-electron chi connectivity index (χ2n) is 4.37. The quantitative estimate of drug-likeness (QED) is 0.564. The molecule has 0 unspecified atom stereocenters. The number of pyridine rings is 1. The number of nitrogens with one attached hydrogen (secondary N) is 1. The number of primary sulfonamides is 1. The molecule has 0 saturated heterocycles. The molecule has 1 aromatic carbocycles. The summed E-state index contributed by atoms with van der Waals surface area (Å²) < 4.78 is 35.5. The number of hydrogen-bond acceptors (Lipinski definition) is 5. The SMILES string of the molecule is Nc1cc(F)c(NCCCS(N)(=O)=O)c2ncccc12. The molecule has 0 amide bonds. The van der Waals surface area contributed by atoms with Crippen molar-refractivity contribution >= 4 is 32.3 Å². The molecule has 0 atom stereocenters. The second kappa shape index (κ2) is 5.59. The molecule has 2 rings (SSSR count). The van der Waals surface area contributed by atoms with Crippen LogP contribution in [0, 0.1) is 5.82 Å². The van der Waals surface area contributed by atoms with Crippen molar-refractivity contribution in [3.8, 4) is 0 Å². The van der Waals surface area contributed by atoms with Crippen LogP contribution in [0.2, 0.25) is 0 Å². The molecule has 0 aliphatic heterocycles. The fourth-order valence-corrected chi connectivity index (χ4v) is 2.44. The number of sulfonamides is 1. The number of nitrogen functional groups attached to an aromatic ring is 1. The van der Waals surface area contributed by atoms with Crippen LogP contribution in [0.4, 0.5) is 15.8 Å². The number of aromatic nitrogens is 1. The fraction of sp³-hybridized carbons (Fsp3) is 0.250. The van der Waals surface area contributed by atoms with E-state index in [2.05, 4.69) is 10.3 Å². The summed E-state index contributed by atoms with van der Waals surface area (Å²) in [4.78, 5) is 4.10. The van der Waals surface area contributed by atoms with Crippen LogP contribution in [0.25, 0.3) is 10.9 Å². The zero-order valence-electron chi connectivity index (χ0n) is 10.6. The summed E-state index contributed by atoms with van der Waals surface area (Å²) in [5.41, 5.74) is 6.67. The average molecular weight is 298 g/mol. The van der Waals surface area contributed by atoms with Gasteiger partial charge in [0.05, 0.1) is 17.0 Å². The third kappa shape index (κ3) is 3.34. The van der Waals surface area contributed by atoms with Crippen molar-refractivity contribution in [3.63, 3.8) is 0 Å². The molecule has 0 spiro atoms. The Morgan fingerprint density at radius 1 is 1.40 bits per heavy atom. The average Bonchev–Trinajstić information content (AvgIpc) is 2.36. The van der Waals surface area contributed by atoms with Gasteiger partial charge < -0.3 is 11.1 Å². The number of fused-ring (bicyclic) bond motifs is 1. The van der Waals surface area contributed by atoms with Gasteiger partial charge in [0.2, 0.25) is 10.0 Å². The molecular weight excluding hydrogens is 283 g/mol. The lowest BCUT2D eigenvalue weighted by Crippen LogP contribution is -2.19. The van der Waals surface area contributed by atoms with Gasteiger partial charge in [0.25, 0.3) is 0 Å². The van der Waals surface area contributed by atoms with Gasteiger partial charge in [0.1, 0.15) is 0 Å². The smallest absolute Gasteiger partial charge is 0.209 e. The first-order valence-electron chi connectivity index (χ1n) is 5.95. The number of hydrogen-bond donors (Lipinski definition) is 3. The maximum atomic E-state index is 13.9. The van der Waals surface area contributed by atoms with Crippen molar-refractivity contribution in [2.45, 2.75) is 6.42 Å². The Balaban J connectivity index is 2.22. The van der Waals surface area contributed by atoms with Gasteiger partial charge in [0, 0.05) is 23.8 Å². The van der Waals surface area contributed by atoms with Crippen LogP contribution in [0.15, 0.2) is 24.4 Å². The highest BCUT2D eigenvalue weighted by molar-refractivity contribution is 7.89. The summed E-state index contributed by atoms with van der Waals surface area (Å²) in [6.45, 7) is 0.267. The van der Waals surface area contributed by atoms with Crippen LogP contribution < -0.4 is 16.2 Å². The third-order valence-electron chi connectivity index (χ3n) is 2.78. The van der Waals surface area contributed by atoms with Gasteiger partial charge in [-0.3, -0.25) is 4.98 Å². The van der Waals surface area contributed by atoms with Gasteiger partial charge in [-0.2, -0.15) is 0 Å². The molecule has 5 N–H and O–H groups in total. The third-order valence-corrected chi connectivity index (χ3v) is 3.64. The van der Waals surface area contributed by atoms with E-state index in [4.69, 9.17) is 10.9 Å². The van der Waals surface area contributed by atoms with E-state index < -0.39 is 15.8 Å².